The smallest absolute Gasteiger partial charge is 0.325 e. The van der Waals surface area contributed by atoms with Gasteiger partial charge in [0.1, 0.15) is 23.8 Å². The van der Waals surface area contributed by atoms with Crippen LogP contribution in [0.1, 0.15) is 20.7 Å². The van der Waals surface area contributed by atoms with E-state index in [0.717, 1.165) is 6.07 Å². The maximum absolute atomic E-state index is 13.0. The summed E-state index contributed by atoms with van der Waals surface area (Å²) in [7, 11) is 2.73. The third-order valence-corrected chi connectivity index (χ3v) is 4.73. The van der Waals surface area contributed by atoms with E-state index in [9.17, 15) is 24.5 Å². The summed E-state index contributed by atoms with van der Waals surface area (Å²) in [5.41, 5.74) is 0.247. The number of carbonyl (C=O) groups is 3. The van der Waals surface area contributed by atoms with E-state index in [1.165, 1.54) is 50.6 Å². The SMILES string of the molecule is COC(=O)CNC(=O)c1ccc(NC(=O)c2cc([N+](=O)[O-])ccc2Oc2ccc(OC)cc2)cc1. The zero-order valence-corrected chi connectivity index (χ0v) is 18.8. The number of amides is 2. The quantitative estimate of drug-likeness (QED) is 0.269. The molecule has 35 heavy (non-hydrogen) atoms. The lowest BCUT2D eigenvalue weighted by atomic mass is 10.1. The number of methoxy groups -OCH3 is 2. The van der Waals surface area contributed by atoms with Gasteiger partial charge in [-0.2, -0.15) is 0 Å². The highest BCUT2D eigenvalue weighted by atomic mass is 16.6. The van der Waals surface area contributed by atoms with Gasteiger partial charge in [0.05, 0.1) is 24.7 Å². The Morgan fingerprint density at radius 2 is 1.54 bits per heavy atom. The second kappa shape index (κ2) is 11.3. The van der Waals surface area contributed by atoms with E-state index in [-0.39, 0.29) is 29.1 Å². The second-order valence-corrected chi connectivity index (χ2v) is 7.01. The lowest BCUT2D eigenvalue weighted by molar-refractivity contribution is -0.384. The molecule has 0 unspecified atom stereocenters. The summed E-state index contributed by atoms with van der Waals surface area (Å²) in [6.07, 6.45) is 0. The molecule has 0 heterocycles. The number of anilines is 1. The summed E-state index contributed by atoms with van der Waals surface area (Å²) in [5, 5.41) is 16.3. The lowest BCUT2D eigenvalue weighted by Crippen LogP contribution is -2.30. The van der Waals surface area contributed by atoms with Crippen LogP contribution in [-0.4, -0.2) is 43.5 Å². The van der Waals surface area contributed by atoms with Crippen molar-refractivity contribution >= 4 is 29.2 Å². The van der Waals surface area contributed by atoms with Gasteiger partial charge in [-0.3, -0.25) is 24.5 Å². The fraction of sp³-hybridized carbons (Fsp3) is 0.125. The molecule has 0 aliphatic carbocycles. The average molecular weight is 479 g/mol. The molecule has 0 atom stereocenters. The van der Waals surface area contributed by atoms with Crippen LogP contribution in [-0.2, 0) is 9.53 Å². The molecule has 0 spiro atoms. The number of nitro groups is 1. The fourth-order valence-corrected chi connectivity index (χ4v) is 2.90. The first kappa shape index (κ1) is 24.7. The van der Waals surface area contributed by atoms with Crippen LogP contribution in [0.15, 0.2) is 66.7 Å². The van der Waals surface area contributed by atoms with E-state index in [0.29, 0.717) is 17.2 Å². The van der Waals surface area contributed by atoms with Crippen LogP contribution in [0.2, 0.25) is 0 Å². The molecule has 0 saturated heterocycles. The molecule has 0 radical (unpaired) electrons. The summed E-state index contributed by atoms with van der Waals surface area (Å²) in [6, 6.07) is 16.1. The predicted molar refractivity (Wildman–Crippen MR) is 125 cm³/mol. The molecular weight excluding hydrogens is 458 g/mol. The van der Waals surface area contributed by atoms with E-state index in [1.54, 1.807) is 24.3 Å². The largest absolute Gasteiger partial charge is 0.497 e. The monoisotopic (exact) mass is 479 g/mol. The Morgan fingerprint density at radius 3 is 2.14 bits per heavy atom. The number of esters is 1. The summed E-state index contributed by atoms with van der Waals surface area (Å²) >= 11 is 0. The van der Waals surface area contributed by atoms with Crippen LogP contribution >= 0.6 is 0 Å². The fourth-order valence-electron chi connectivity index (χ4n) is 2.90. The molecule has 0 saturated carbocycles. The molecule has 3 rings (SSSR count). The first-order valence-electron chi connectivity index (χ1n) is 10.2. The molecule has 0 fully saturated rings. The van der Waals surface area contributed by atoms with Gasteiger partial charge in [-0.1, -0.05) is 0 Å². The van der Waals surface area contributed by atoms with Crippen molar-refractivity contribution in [2.75, 3.05) is 26.1 Å². The molecule has 2 N–H and O–H groups in total. The average Bonchev–Trinajstić information content (AvgIpc) is 2.87. The van der Waals surface area contributed by atoms with Gasteiger partial charge in [0, 0.05) is 23.4 Å². The van der Waals surface area contributed by atoms with Gasteiger partial charge in [-0.25, -0.2) is 0 Å². The standard InChI is InChI=1S/C24H21N3O8/c1-33-18-8-10-19(11-9-18)35-21-12-7-17(27(31)32)13-20(21)24(30)26-16-5-3-15(4-6-16)23(29)25-14-22(28)34-2/h3-13H,14H2,1-2H3,(H,25,29)(H,26,30). The number of benzene rings is 3. The minimum absolute atomic E-state index is 0.0603. The van der Waals surface area contributed by atoms with Gasteiger partial charge in [0.25, 0.3) is 17.5 Å². The molecule has 3 aromatic rings. The minimum atomic E-state index is -0.653. The summed E-state index contributed by atoms with van der Waals surface area (Å²) < 4.78 is 15.3. The van der Waals surface area contributed by atoms with Crippen molar-refractivity contribution in [2.24, 2.45) is 0 Å². The van der Waals surface area contributed by atoms with Crippen LogP contribution in [0.3, 0.4) is 0 Å². The van der Waals surface area contributed by atoms with Gasteiger partial charge < -0.3 is 24.8 Å². The Morgan fingerprint density at radius 1 is 0.886 bits per heavy atom. The molecule has 0 aliphatic rings. The number of nitro benzene ring substituents is 1. The molecule has 11 nitrogen and oxygen atoms in total. The molecular formula is C24H21N3O8. The summed E-state index contributed by atoms with van der Waals surface area (Å²) in [5.74, 6) is -0.622. The van der Waals surface area contributed by atoms with Gasteiger partial charge in [0.2, 0.25) is 0 Å². The molecule has 11 heteroatoms. The zero-order chi connectivity index (χ0) is 25.4. The lowest BCUT2D eigenvalue weighted by Gasteiger charge is -2.12. The van der Waals surface area contributed by atoms with Crippen LogP contribution in [0.4, 0.5) is 11.4 Å². The number of hydrogen-bond donors (Lipinski definition) is 2. The highest BCUT2D eigenvalue weighted by molar-refractivity contribution is 6.07. The molecule has 2 amide bonds. The second-order valence-electron chi connectivity index (χ2n) is 7.01. The normalized spacial score (nSPS) is 10.1. The van der Waals surface area contributed by atoms with E-state index in [2.05, 4.69) is 15.4 Å². The number of rotatable bonds is 9. The number of nitrogens with zero attached hydrogens (tertiary/aromatic N) is 1. The van der Waals surface area contributed by atoms with Crippen molar-refractivity contribution in [3.63, 3.8) is 0 Å². The van der Waals surface area contributed by atoms with Gasteiger partial charge in [-0.15, -0.1) is 0 Å². The van der Waals surface area contributed by atoms with Crippen molar-refractivity contribution in [1.82, 2.24) is 5.32 Å². The van der Waals surface area contributed by atoms with Gasteiger partial charge in [0.15, 0.2) is 0 Å². The Hall–Kier alpha value is -4.93. The number of hydrogen-bond acceptors (Lipinski definition) is 8. The van der Waals surface area contributed by atoms with E-state index >= 15 is 0 Å². The van der Waals surface area contributed by atoms with Gasteiger partial charge >= 0.3 is 5.97 Å². The Labute approximate surface area is 199 Å². The number of ether oxygens (including phenoxy) is 3. The highest BCUT2D eigenvalue weighted by Gasteiger charge is 2.19. The van der Waals surface area contributed by atoms with Gasteiger partial charge in [-0.05, 0) is 54.6 Å². The maximum atomic E-state index is 13.0. The molecule has 3 aromatic carbocycles. The van der Waals surface area contributed by atoms with Crippen LogP contribution in [0.25, 0.3) is 0 Å². The van der Waals surface area contributed by atoms with E-state index in [1.807, 2.05) is 0 Å². The minimum Gasteiger partial charge on any atom is -0.497 e. The first-order chi connectivity index (χ1) is 16.8. The molecule has 180 valence electrons. The van der Waals surface area contributed by atoms with E-state index in [4.69, 9.17) is 9.47 Å². The topological polar surface area (TPSA) is 146 Å². The van der Waals surface area contributed by atoms with Crippen LogP contribution in [0.5, 0.6) is 17.2 Å². The van der Waals surface area contributed by atoms with Crippen molar-refractivity contribution in [2.45, 2.75) is 0 Å². The Bertz CT molecular complexity index is 1240. The van der Waals surface area contributed by atoms with Crippen molar-refractivity contribution in [3.05, 3.63) is 88.0 Å². The summed E-state index contributed by atoms with van der Waals surface area (Å²) in [6.45, 7) is -0.280. The first-order valence-corrected chi connectivity index (χ1v) is 10.2. The maximum Gasteiger partial charge on any atom is 0.325 e. The van der Waals surface area contributed by atoms with E-state index < -0.39 is 22.7 Å². The number of carbonyl (C=O) groups excluding carboxylic acids is 3. The predicted octanol–water partition coefficient (Wildman–Crippen LogP) is 3.55. The van der Waals surface area contributed by atoms with Crippen molar-refractivity contribution in [3.8, 4) is 17.2 Å². The molecule has 0 bridgehead atoms. The third kappa shape index (κ3) is 6.54. The Balaban J connectivity index is 1.78. The number of non-ortho nitro benzene ring substituents is 1. The zero-order valence-electron chi connectivity index (χ0n) is 18.8. The number of nitrogens with one attached hydrogen (secondary N) is 2. The van der Waals surface area contributed by atoms with Crippen molar-refractivity contribution < 1.29 is 33.5 Å². The van der Waals surface area contributed by atoms with Crippen molar-refractivity contribution in [1.29, 1.82) is 0 Å². The van der Waals surface area contributed by atoms with Crippen LogP contribution < -0.4 is 20.1 Å². The molecule has 0 aliphatic heterocycles. The highest BCUT2D eigenvalue weighted by Crippen LogP contribution is 2.30. The third-order valence-electron chi connectivity index (χ3n) is 4.73. The summed E-state index contributed by atoms with van der Waals surface area (Å²) in [4.78, 5) is 46.8. The Kier molecular flexibility index (Phi) is 7.96. The molecule has 0 aromatic heterocycles. The van der Waals surface area contributed by atoms with Crippen LogP contribution in [0, 0.1) is 10.1 Å².